The zero-order valence-corrected chi connectivity index (χ0v) is 19.3. The Labute approximate surface area is 190 Å². The fourth-order valence-electron chi connectivity index (χ4n) is 4.29. The van der Waals surface area contributed by atoms with Gasteiger partial charge in [-0.2, -0.15) is 5.90 Å². The van der Waals surface area contributed by atoms with Crippen molar-refractivity contribution in [2.45, 2.75) is 26.7 Å². The van der Waals surface area contributed by atoms with Crippen LogP contribution in [-0.4, -0.2) is 29.7 Å². The third-order valence-electron chi connectivity index (χ3n) is 5.72. The molecule has 6 nitrogen and oxygen atoms in total. The molecule has 164 valence electrons. The van der Waals surface area contributed by atoms with E-state index in [1.54, 1.807) is 20.8 Å². The van der Waals surface area contributed by atoms with Crippen LogP contribution < -0.4 is 5.90 Å². The second-order valence-electron chi connectivity index (χ2n) is 8.72. The lowest BCUT2D eigenvalue weighted by Crippen LogP contribution is -2.45. The third-order valence-corrected chi connectivity index (χ3v) is 6.28. The van der Waals surface area contributed by atoms with Gasteiger partial charge in [0.2, 0.25) is 0 Å². The quantitative estimate of drug-likeness (QED) is 0.274. The molecule has 0 aliphatic heterocycles. The van der Waals surface area contributed by atoms with Gasteiger partial charge in [0.1, 0.15) is 12.5 Å². The maximum Gasteiger partial charge on any atom is 0.329 e. The Morgan fingerprint density at radius 2 is 1.48 bits per heavy atom. The average molecular weight is 488 g/mol. The zero-order valence-electron chi connectivity index (χ0n) is 17.8. The minimum absolute atomic E-state index is 0.0630. The summed E-state index contributed by atoms with van der Waals surface area (Å²) in [4.78, 5) is 42.6. The van der Waals surface area contributed by atoms with Crippen molar-refractivity contribution in [2.75, 3.05) is 11.9 Å². The van der Waals surface area contributed by atoms with Gasteiger partial charge in [0.25, 0.3) is 0 Å². The number of nitrogens with two attached hydrogens (primary N) is 1. The number of ketones is 1. The number of halogens is 1. The third kappa shape index (κ3) is 4.57. The van der Waals surface area contributed by atoms with Crippen molar-refractivity contribution in [1.82, 2.24) is 0 Å². The van der Waals surface area contributed by atoms with E-state index in [4.69, 9.17) is 10.6 Å². The average Bonchev–Trinajstić information content (AvgIpc) is 3.07. The molecule has 0 bridgehead atoms. The normalized spacial score (nSPS) is 14.9. The Balaban J connectivity index is 1.88. The van der Waals surface area contributed by atoms with Gasteiger partial charge in [-0.3, -0.25) is 14.4 Å². The van der Waals surface area contributed by atoms with Gasteiger partial charge in [-0.05, 0) is 27.7 Å². The molecule has 0 saturated carbocycles. The molecule has 1 unspecified atom stereocenters. The molecule has 2 atom stereocenters. The summed E-state index contributed by atoms with van der Waals surface area (Å²) in [5.41, 5.74) is 3.59. The molecule has 0 spiro atoms. The van der Waals surface area contributed by atoms with Gasteiger partial charge in [-0.1, -0.05) is 85.2 Å². The number of carbonyl (C=O) groups excluding carboxylic acids is 3. The van der Waals surface area contributed by atoms with Gasteiger partial charge < -0.3 is 9.57 Å². The Bertz CT molecular complexity index is 952. The van der Waals surface area contributed by atoms with Crippen LogP contribution in [0.1, 0.15) is 37.8 Å². The van der Waals surface area contributed by atoms with E-state index in [-0.39, 0.29) is 17.9 Å². The SMILES string of the molecule is CC(C)(C)C(C(=O)ON)[C@@H](C(=O)CBr)C(=O)OCC1c2ccccc2-c2ccccc21. The molecule has 0 fully saturated rings. The van der Waals surface area contributed by atoms with Crippen molar-refractivity contribution >= 4 is 33.7 Å². The van der Waals surface area contributed by atoms with Crippen LogP contribution in [0.3, 0.4) is 0 Å². The number of ether oxygens (including phenoxy) is 1. The molecule has 7 heteroatoms. The number of hydrogen-bond donors (Lipinski definition) is 1. The number of carbonyl (C=O) groups is 3. The molecule has 3 rings (SSSR count). The fraction of sp³-hybridized carbons (Fsp3) is 0.375. The van der Waals surface area contributed by atoms with Gasteiger partial charge in [-0.15, -0.1) is 0 Å². The van der Waals surface area contributed by atoms with Gasteiger partial charge in [0, 0.05) is 5.92 Å². The number of benzene rings is 2. The van der Waals surface area contributed by atoms with Crippen LogP contribution in [0.25, 0.3) is 11.1 Å². The summed E-state index contributed by atoms with van der Waals surface area (Å²) in [6, 6.07) is 16.0. The predicted octanol–water partition coefficient (Wildman–Crippen LogP) is 4.00. The summed E-state index contributed by atoms with van der Waals surface area (Å²) in [5.74, 6) is 0.540. The first-order chi connectivity index (χ1) is 14.7. The lowest BCUT2D eigenvalue weighted by molar-refractivity contribution is -0.168. The van der Waals surface area contributed by atoms with E-state index in [9.17, 15) is 14.4 Å². The monoisotopic (exact) mass is 487 g/mol. The summed E-state index contributed by atoms with van der Waals surface area (Å²) in [6.07, 6.45) is 0. The van der Waals surface area contributed by atoms with Gasteiger partial charge >= 0.3 is 11.9 Å². The molecule has 1 aliphatic rings. The van der Waals surface area contributed by atoms with Crippen molar-refractivity contribution in [1.29, 1.82) is 0 Å². The van der Waals surface area contributed by atoms with Crippen LogP contribution in [0.15, 0.2) is 48.5 Å². The number of fused-ring (bicyclic) bond motifs is 3. The van der Waals surface area contributed by atoms with Crippen molar-refractivity contribution in [2.24, 2.45) is 23.1 Å². The fourth-order valence-corrected chi connectivity index (χ4v) is 4.64. The lowest BCUT2D eigenvalue weighted by Gasteiger charge is -2.32. The van der Waals surface area contributed by atoms with E-state index in [0.29, 0.717) is 0 Å². The van der Waals surface area contributed by atoms with Crippen molar-refractivity contribution < 1.29 is 24.0 Å². The summed E-state index contributed by atoms with van der Waals surface area (Å²) < 4.78 is 5.67. The van der Waals surface area contributed by atoms with E-state index in [1.165, 1.54) is 0 Å². The van der Waals surface area contributed by atoms with Gasteiger partial charge in [0.05, 0.1) is 11.2 Å². The largest absolute Gasteiger partial charge is 0.464 e. The van der Waals surface area contributed by atoms with Crippen LogP contribution in [-0.2, 0) is 24.0 Å². The van der Waals surface area contributed by atoms with E-state index < -0.39 is 35.0 Å². The van der Waals surface area contributed by atoms with Gasteiger partial charge in [-0.25, -0.2) is 0 Å². The number of esters is 1. The highest BCUT2D eigenvalue weighted by atomic mass is 79.9. The highest BCUT2D eigenvalue weighted by Crippen LogP contribution is 2.44. The highest BCUT2D eigenvalue weighted by molar-refractivity contribution is 9.09. The number of hydrogen-bond acceptors (Lipinski definition) is 6. The van der Waals surface area contributed by atoms with E-state index >= 15 is 0 Å². The Kier molecular flexibility index (Phi) is 6.96. The van der Waals surface area contributed by atoms with Crippen molar-refractivity contribution in [3.8, 4) is 11.1 Å². The molecule has 0 heterocycles. The van der Waals surface area contributed by atoms with Gasteiger partial charge in [0.15, 0.2) is 5.78 Å². The number of Topliss-reactive ketones (excluding diaryl/α,β-unsaturated/α-hetero) is 1. The minimum Gasteiger partial charge on any atom is -0.464 e. The molecule has 0 radical (unpaired) electrons. The molecular weight excluding hydrogens is 462 g/mol. The second kappa shape index (κ2) is 9.32. The highest BCUT2D eigenvalue weighted by Gasteiger charge is 2.47. The predicted molar refractivity (Wildman–Crippen MR) is 120 cm³/mol. The molecule has 0 amide bonds. The molecule has 31 heavy (non-hydrogen) atoms. The van der Waals surface area contributed by atoms with Crippen molar-refractivity contribution in [3.63, 3.8) is 0 Å². The molecule has 2 aromatic rings. The molecule has 0 saturated heterocycles. The first-order valence-electron chi connectivity index (χ1n) is 10.0. The Morgan fingerprint density at radius 1 is 0.968 bits per heavy atom. The summed E-state index contributed by atoms with van der Waals surface area (Å²) >= 11 is 3.11. The topological polar surface area (TPSA) is 95.7 Å². The van der Waals surface area contributed by atoms with Crippen LogP contribution in [0, 0.1) is 17.3 Å². The summed E-state index contributed by atoms with van der Waals surface area (Å²) in [5, 5.41) is -0.0910. The van der Waals surface area contributed by atoms with Crippen LogP contribution >= 0.6 is 15.9 Å². The number of alkyl halides is 1. The standard InChI is InChI=1S/C24H26BrNO5/c1-24(2,3)21(23(29)31-26)20(19(27)12-25)22(28)30-13-18-16-10-6-4-8-14(16)15-9-5-7-11-17(15)18/h4-11,18,20-21H,12-13,26H2,1-3H3/t20-,21?/m1/s1. The van der Waals surface area contributed by atoms with Crippen LogP contribution in [0.4, 0.5) is 0 Å². The smallest absolute Gasteiger partial charge is 0.329 e. The minimum atomic E-state index is -1.32. The maximum absolute atomic E-state index is 13.1. The lowest BCUT2D eigenvalue weighted by atomic mass is 9.71. The molecule has 2 aromatic carbocycles. The van der Waals surface area contributed by atoms with E-state index in [0.717, 1.165) is 22.3 Å². The molecule has 2 N–H and O–H groups in total. The van der Waals surface area contributed by atoms with Crippen molar-refractivity contribution in [3.05, 3.63) is 59.7 Å². The molecule has 1 aliphatic carbocycles. The Morgan fingerprint density at radius 3 is 1.94 bits per heavy atom. The second-order valence-corrected chi connectivity index (χ2v) is 9.28. The first kappa shape index (κ1) is 23.2. The Hall–Kier alpha value is -2.51. The van der Waals surface area contributed by atoms with Crippen LogP contribution in [0.5, 0.6) is 0 Å². The van der Waals surface area contributed by atoms with E-state index in [2.05, 4.69) is 20.8 Å². The maximum atomic E-state index is 13.1. The zero-order chi connectivity index (χ0) is 22.8. The number of rotatable bonds is 7. The summed E-state index contributed by atoms with van der Waals surface area (Å²) in [6.45, 7) is 5.31. The molecule has 0 aromatic heterocycles. The van der Waals surface area contributed by atoms with E-state index in [1.807, 2.05) is 48.5 Å². The summed E-state index contributed by atoms with van der Waals surface area (Å²) in [7, 11) is 0. The molecular formula is C24H26BrNO5. The first-order valence-corrected chi connectivity index (χ1v) is 11.2. The van der Waals surface area contributed by atoms with Crippen LogP contribution in [0.2, 0.25) is 0 Å².